The molecule has 10 heavy (non-hydrogen) atoms. The number of Topliss-reactive ketones (excluding diaryl/α,β-unsaturated/α-hetero) is 1. The van der Waals surface area contributed by atoms with Crippen LogP contribution in [0.25, 0.3) is 0 Å². The third-order valence-electron chi connectivity index (χ3n) is 1.20. The summed E-state index contributed by atoms with van der Waals surface area (Å²) in [5.41, 5.74) is 0.615. The monoisotopic (exact) mass is 138 g/mol. The van der Waals surface area contributed by atoms with Crippen LogP contribution in [-0.4, -0.2) is 5.78 Å². The fraction of sp³-hybridized carbons (Fsp3) is 0.444. The molecule has 2 radical (unpaired) electrons. The van der Waals surface area contributed by atoms with Gasteiger partial charge in [0.1, 0.15) is 0 Å². The van der Waals surface area contributed by atoms with Gasteiger partial charge in [-0.25, -0.2) is 0 Å². The van der Waals surface area contributed by atoms with E-state index in [0.717, 1.165) is 19.3 Å². The Balaban J connectivity index is 3.31. The molecule has 0 aromatic heterocycles. The molecule has 0 saturated heterocycles. The standard InChI is InChI=1S/C9H14O/c1-4-5-6-7-9(10)8(2)3/h7H,1-2,4-6H2,3H3. The van der Waals surface area contributed by atoms with Gasteiger partial charge in [0.15, 0.2) is 5.78 Å². The Morgan fingerprint density at radius 1 is 1.60 bits per heavy atom. The van der Waals surface area contributed by atoms with Gasteiger partial charge in [0.2, 0.25) is 0 Å². The quantitative estimate of drug-likeness (QED) is 0.421. The summed E-state index contributed by atoms with van der Waals surface area (Å²) in [6, 6.07) is 0. The Hall–Kier alpha value is -0.590. The first-order valence-electron chi connectivity index (χ1n) is 3.50. The number of ketones is 1. The van der Waals surface area contributed by atoms with Crippen LogP contribution in [0.3, 0.4) is 0 Å². The number of allylic oxidation sites excluding steroid dienone is 1. The number of hydrogen-bond donors (Lipinski definition) is 0. The van der Waals surface area contributed by atoms with Crippen molar-refractivity contribution in [2.45, 2.75) is 26.2 Å². The van der Waals surface area contributed by atoms with Crippen LogP contribution < -0.4 is 0 Å². The molecule has 0 saturated carbocycles. The van der Waals surface area contributed by atoms with Gasteiger partial charge >= 0.3 is 0 Å². The van der Waals surface area contributed by atoms with E-state index in [2.05, 4.69) is 13.5 Å². The van der Waals surface area contributed by atoms with Gasteiger partial charge in [-0.1, -0.05) is 26.3 Å². The van der Waals surface area contributed by atoms with E-state index < -0.39 is 0 Å². The van der Waals surface area contributed by atoms with E-state index in [0.29, 0.717) is 5.57 Å². The SMILES string of the molecule is [CH2]CCC[CH]C(=O)C(=C)C. The summed E-state index contributed by atoms with van der Waals surface area (Å²) in [5.74, 6) is 0.0634. The second-order valence-electron chi connectivity index (χ2n) is 2.34. The second kappa shape index (κ2) is 5.21. The topological polar surface area (TPSA) is 17.1 Å². The van der Waals surface area contributed by atoms with Crippen molar-refractivity contribution in [2.75, 3.05) is 0 Å². The number of carbonyl (C=O) groups excluding carboxylic acids is 1. The lowest BCUT2D eigenvalue weighted by molar-refractivity contribution is -0.112. The molecule has 0 rings (SSSR count). The number of rotatable bonds is 5. The third kappa shape index (κ3) is 4.30. The van der Waals surface area contributed by atoms with Gasteiger partial charge < -0.3 is 0 Å². The lowest BCUT2D eigenvalue weighted by atomic mass is 10.1. The molecule has 0 aliphatic carbocycles. The Bertz CT molecular complexity index is 125. The molecule has 0 spiro atoms. The van der Waals surface area contributed by atoms with Crippen LogP contribution in [0.5, 0.6) is 0 Å². The van der Waals surface area contributed by atoms with Gasteiger partial charge in [-0.3, -0.25) is 4.79 Å². The first-order valence-corrected chi connectivity index (χ1v) is 3.50. The summed E-state index contributed by atoms with van der Waals surface area (Å²) in [4.78, 5) is 10.8. The maximum Gasteiger partial charge on any atom is 0.161 e. The van der Waals surface area contributed by atoms with Crippen LogP contribution in [0.15, 0.2) is 12.2 Å². The molecule has 0 aliphatic heterocycles. The minimum Gasteiger partial charge on any atom is -0.294 e. The fourth-order valence-corrected chi connectivity index (χ4v) is 0.552. The highest BCUT2D eigenvalue weighted by Gasteiger charge is 2.00. The summed E-state index contributed by atoms with van der Waals surface area (Å²) in [7, 11) is 0. The average Bonchev–Trinajstić information content (AvgIpc) is 1.88. The molecular formula is C9H14O. The molecule has 0 amide bonds. The van der Waals surface area contributed by atoms with E-state index in [1.165, 1.54) is 0 Å². The molecule has 0 N–H and O–H groups in total. The molecule has 0 atom stereocenters. The zero-order valence-corrected chi connectivity index (χ0v) is 6.52. The van der Waals surface area contributed by atoms with Gasteiger partial charge in [0, 0.05) is 6.42 Å². The van der Waals surface area contributed by atoms with Crippen LogP contribution in [0.2, 0.25) is 0 Å². The van der Waals surface area contributed by atoms with Crippen molar-refractivity contribution in [3.05, 3.63) is 25.5 Å². The fourth-order valence-electron chi connectivity index (χ4n) is 0.552. The molecule has 0 aliphatic rings. The summed E-state index contributed by atoms with van der Waals surface area (Å²) in [5, 5.41) is 0. The van der Waals surface area contributed by atoms with Gasteiger partial charge in [0.25, 0.3) is 0 Å². The molecule has 0 unspecified atom stereocenters. The van der Waals surface area contributed by atoms with Crippen molar-refractivity contribution in [1.82, 2.24) is 0 Å². The third-order valence-corrected chi connectivity index (χ3v) is 1.20. The smallest absolute Gasteiger partial charge is 0.161 e. The van der Waals surface area contributed by atoms with Crippen molar-refractivity contribution < 1.29 is 4.79 Å². The molecule has 0 heterocycles. The Morgan fingerprint density at radius 3 is 2.60 bits per heavy atom. The van der Waals surface area contributed by atoms with E-state index >= 15 is 0 Å². The summed E-state index contributed by atoms with van der Waals surface area (Å²) in [6.45, 7) is 8.94. The minimum atomic E-state index is 0.0634. The Labute approximate surface area is 63.1 Å². The maximum atomic E-state index is 10.8. The average molecular weight is 138 g/mol. The first kappa shape index (κ1) is 9.41. The predicted molar refractivity (Wildman–Crippen MR) is 43.3 cm³/mol. The van der Waals surface area contributed by atoms with Crippen LogP contribution in [0.1, 0.15) is 26.2 Å². The van der Waals surface area contributed by atoms with Crippen LogP contribution >= 0.6 is 0 Å². The first-order chi connectivity index (χ1) is 4.68. The van der Waals surface area contributed by atoms with Gasteiger partial charge in [0.05, 0.1) is 0 Å². The number of carbonyl (C=O) groups is 1. The van der Waals surface area contributed by atoms with E-state index in [-0.39, 0.29) is 5.78 Å². The predicted octanol–water partition coefficient (Wildman–Crippen LogP) is 2.34. The highest BCUT2D eigenvalue weighted by Crippen LogP contribution is 2.02. The van der Waals surface area contributed by atoms with Gasteiger partial charge in [-0.2, -0.15) is 0 Å². The second-order valence-corrected chi connectivity index (χ2v) is 2.34. The summed E-state index contributed by atoms with van der Waals surface area (Å²) >= 11 is 0. The van der Waals surface area contributed by atoms with Crippen molar-refractivity contribution in [2.24, 2.45) is 0 Å². The van der Waals surface area contributed by atoms with Crippen molar-refractivity contribution in [3.8, 4) is 0 Å². The minimum absolute atomic E-state index is 0.0634. The molecule has 1 heteroatoms. The normalized spacial score (nSPS) is 9.40. The zero-order valence-electron chi connectivity index (χ0n) is 6.52. The lowest BCUT2D eigenvalue weighted by Gasteiger charge is -1.96. The van der Waals surface area contributed by atoms with E-state index in [4.69, 9.17) is 0 Å². The molecule has 56 valence electrons. The molecule has 0 fully saturated rings. The zero-order chi connectivity index (χ0) is 7.98. The van der Waals surface area contributed by atoms with E-state index in [1.807, 2.05) is 0 Å². The molecular weight excluding hydrogens is 124 g/mol. The van der Waals surface area contributed by atoms with Gasteiger partial charge in [-0.05, 0) is 18.9 Å². The highest BCUT2D eigenvalue weighted by molar-refractivity contribution is 6.00. The van der Waals surface area contributed by atoms with Crippen LogP contribution in [0.4, 0.5) is 0 Å². The maximum absolute atomic E-state index is 10.8. The van der Waals surface area contributed by atoms with Crippen LogP contribution in [-0.2, 0) is 4.79 Å². The van der Waals surface area contributed by atoms with Crippen molar-refractivity contribution in [1.29, 1.82) is 0 Å². The largest absolute Gasteiger partial charge is 0.294 e. The van der Waals surface area contributed by atoms with Crippen molar-refractivity contribution in [3.63, 3.8) is 0 Å². The Morgan fingerprint density at radius 2 is 2.20 bits per heavy atom. The molecule has 0 bridgehead atoms. The summed E-state index contributed by atoms with van der Waals surface area (Å²) in [6.07, 6.45) is 4.38. The van der Waals surface area contributed by atoms with E-state index in [9.17, 15) is 4.79 Å². The molecule has 1 nitrogen and oxygen atoms in total. The highest BCUT2D eigenvalue weighted by atomic mass is 16.1. The Kier molecular flexibility index (Phi) is 4.91. The summed E-state index contributed by atoms with van der Waals surface area (Å²) < 4.78 is 0. The van der Waals surface area contributed by atoms with Crippen LogP contribution in [0, 0.1) is 13.3 Å². The lowest BCUT2D eigenvalue weighted by Crippen LogP contribution is -1.98. The molecule has 0 aromatic carbocycles. The van der Waals surface area contributed by atoms with Crippen molar-refractivity contribution >= 4 is 5.78 Å². The van der Waals surface area contributed by atoms with Gasteiger partial charge in [-0.15, -0.1) is 0 Å². The number of hydrogen-bond acceptors (Lipinski definition) is 1. The number of unbranched alkanes of at least 4 members (excludes halogenated alkanes) is 2. The van der Waals surface area contributed by atoms with E-state index in [1.54, 1.807) is 13.3 Å². The molecule has 0 aromatic rings.